The van der Waals surface area contributed by atoms with Gasteiger partial charge in [0.2, 0.25) is 0 Å². The molecule has 0 saturated heterocycles. The van der Waals surface area contributed by atoms with E-state index in [9.17, 15) is 22.8 Å². The Morgan fingerprint density at radius 3 is 2.77 bits per heavy atom. The van der Waals surface area contributed by atoms with Crippen molar-refractivity contribution in [1.29, 1.82) is 0 Å². The summed E-state index contributed by atoms with van der Waals surface area (Å²) in [5.41, 5.74) is 1.33. The van der Waals surface area contributed by atoms with E-state index in [1.807, 2.05) is 0 Å². The molecular formula is C19H17ClF3N3O4. The first-order valence-corrected chi connectivity index (χ1v) is 9.23. The smallest absolute Gasteiger partial charge is 0.404 e. The van der Waals surface area contributed by atoms with Gasteiger partial charge in [-0.1, -0.05) is 17.7 Å². The van der Waals surface area contributed by atoms with E-state index in [1.165, 1.54) is 29.3 Å². The Kier molecular flexibility index (Phi) is 6.18. The van der Waals surface area contributed by atoms with Gasteiger partial charge in [-0.25, -0.2) is 0 Å². The molecule has 160 valence electrons. The van der Waals surface area contributed by atoms with Gasteiger partial charge in [0.15, 0.2) is 0 Å². The zero-order valence-corrected chi connectivity index (χ0v) is 16.4. The number of benzene rings is 1. The van der Waals surface area contributed by atoms with E-state index < -0.39 is 24.1 Å². The third-order valence-corrected chi connectivity index (χ3v) is 4.91. The van der Waals surface area contributed by atoms with Crippen LogP contribution in [0.15, 0.2) is 30.5 Å². The molecule has 1 unspecified atom stereocenters. The van der Waals surface area contributed by atoms with Gasteiger partial charge < -0.3 is 20.1 Å². The number of ether oxygens (including phenoxy) is 1. The summed E-state index contributed by atoms with van der Waals surface area (Å²) in [4.78, 5) is 30.6. The lowest BCUT2D eigenvalue weighted by molar-refractivity contribution is -0.274. The number of rotatable bonds is 6. The van der Waals surface area contributed by atoms with Gasteiger partial charge >= 0.3 is 6.36 Å². The maximum atomic E-state index is 12.9. The number of carbonyl (C=O) groups excluding carboxylic acids is 2. The number of alkyl halides is 3. The first kappa shape index (κ1) is 21.8. The third kappa shape index (κ3) is 4.49. The minimum atomic E-state index is -4.87. The number of nitrogens with zero attached hydrogens (tertiary/aromatic N) is 2. The second kappa shape index (κ2) is 8.49. The summed E-state index contributed by atoms with van der Waals surface area (Å²) < 4.78 is 41.1. The molecule has 3 rings (SSSR count). The molecule has 0 aliphatic carbocycles. The van der Waals surface area contributed by atoms with Crippen molar-refractivity contribution in [2.75, 3.05) is 13.2 Å². The Hall–Kier alpha value is -2.85. The maximum absolute atomic E-state index is 12.9. The summed E-state index contributed by atoms with van der Waals surface area (Å²) in [7, 11) is 0. The monoisotopic (exact) mass is 443 g/mol. The van der Waals surface area contributed by atoms with Gasteiger partial charge in [-0.3, -0.25) is 14.6 Å². The summed E-state index contributed by atoms with van der Waals surface area (Å²) in [6.45, 7) is 1.59. The van der Waals surface area contributed by atoms with Crippen LogP contribution in [0.1, 0.15) is 44.9 Å². The summed E-state index contributed by atoms with van der Waals surface area (Å²) in [6.07, 6.45) is -3.53. The summed E-state index contributed by atoms with van der Waals surface area (Å²) in [5.74, 6) is -1.40. The lowest BCUT2D eigenvalue weighted by atomic mass is 10.1. The number of amides is 2. The highest BCUT2D eigenvalue weighted by Gasteiger charge is 2.36. The second-order valence-electron chi connectivity index (χ2n) is 6.51. The van der Waals surface area contributed by atoms with Crippen LogP contribution in [-0.4, -0.2) is 46.3 Å². The number of aliphatic hydroxyl groups is 1. The predicted molar refractivity (Wildman–Crippen MR) is 100 cm³/mol. The van der Waals surface area contributed by atoms with Gasteiger partial charge in [0.05, 0.1) is 17.7 Å². The van der Waals surface area contributed by atoms with Crippen LogP contribution >= 0.6 is 11.6 Å². The van der Waals surface area contributed by atoms with Gasteiger partial charge in [-0.2, -0.15) is 0 Å². The average Bonchev–Trinajstić information content (AvgIpc) is 3.03. The molecule has 0 spiro atoms. The molecule has 1 aromatic carbocycles. The number of hydrogen-bond donors (Lipinski definition) is 2. The van der Waals surface area contributed by atoms with Crippen LogP contribution < -0.4 is 10.1 Å². The lowest BCUT2D eigenvalue weighted by Crippen LogP contribution is -2.29. The topological polar surface area (TPSA) is 91.8 Å². The molecule has 1 aromatic heterocycles. The Morgan fingerprint density at radius 1 is 1.40 bits per heavy atom. The highest BCUT2D eigenvalue weighted by Crippen LogP contribution is 2.36. The van der Waals surface area contributed by atoms with Crippen LogP contribution in [0.3, 0.4) is 0 Å². The number of nitrogens with one attached hydrogen (secondary N) is 1. The van der Waals surface area contributed by atoms with Crippen LogP contribution in [0.5, 0.6) is 5.75 Å². The highest BCUT2D eigenvalue weighted by atomic mass is 35.5. The first-order chi connectivity index (χ1) is 14.1. The Balaban J connectivity index is 1.84. The molecule has 1 aliphatic heterocycles. The first-order valence-electron chi connectivity index (χ1n) is 8.85. The fourth-order valence-corrected chi connectivity index (χ4v) is 3.40. The number of aliphatic hydroxyl groups excluding tert-OH is 1. The van der Waals surface area contributed by atoms with Gasteiger partial charge in [0.1, 0.15) is 11.4 Å². The lowest BCUT2D eigenvalue weighted by Gasteiger charge is -2.25. The van der Waals surface area contributed by atoms with Crippen molar-refractivity contribution in [3.05, 3.63) is 57.9 Å². The van der Waals surface area contributed by atoms with E-state index >= 15 is 0 Å². The molecule has 30 heavy (non-hydrogen) atoms. The molecular weight excluding hydrogens is 427 g/mol. The molecule has 2 aromatic rings. The molecule has 2 amide bonds. The van der Waals surface area contributed by atoms with E-state index in [2.05, 4.69) is 15.0 Å². The van der Waals surface area contributed by atoms with E-state index in [0.717, 1.165) is 6.07 Å². The highest BCUT2D eigenvalue weighted by molar-refractivity contribution is 6.32. The van der Waals surface area contributed by atoms with Gasteiger partial charge in [-0.15, -0.1) is 13.2 Å². The summed E-state index contributed by atoms with van der Waals surface area (Å²) in [5, 5.41) is 11.1. The number of hydrogen-bond acceptors (Lipinski definition) is 5. The SMILES string of the molecule is CC(c1ccc(OC(F)(F)F)c(Cl)c1)N1Cc2c(ccnc2C(=O)NCCO)C1=O. The molecule has 1 atom stereocenters. The normalized spacial score (nSPS) is 14.5. The van der Waals surface area contributed by atoms with E-state index in [-0.39, 0.29) is 36.3 Å². The van der Waals surface area contributed by atoms with Crippen molar-refractivity contribution >= 4 is 23.4 Å². The molecule has 0 saturated carbocycles. The van der Waals surface area contributed by atoms with Crippen LogP contribution in [0.4, 0.5) is 13.2 Å². The zero-order valence-electron chi connectivity index (χ0n) is 15.7. The quantitative estimate of drug-likeness (QED) is 0.716. The second-order valence-corrected chi connectivity index (χ2v) is 6.92. The average molecular weight is 444 g/mol. The van der Waals surface area contributed by atoms with Crippen LogP contribution in [-0.2, 0) is 6.54 Å². The summed E-state index contributed by atoms with van der Waals surface area (Å²) in [6, 6.07) is 4.73. The number of carbonyl (C=O) groups is 2. The Labute approximate surface area is 174 Å². The van der Waals surface area contributed by atoms with Crippen molar-refractivity contribution in [3.63, 3.8) is 0 Å². The van der Waals surface area contributed by atoms with E-state index in [0.29, 0.717) is 16.7 Å². The summed E-state index contributed by atoms with van der Waals surface area (Å²) >= 11 is 5.92. The molecule has 0 fully saturated rings. The molecule has 0 bridgehead atoms. The molecule has 2 N–H and O–H groups in total. The molecule has 2 heterocycles. The van der Waals surface area contributed by atoms with Crippen LogP contribution in [0.2, 0.25) is 5.02 Å². The van der Waals surface area contributed by atoms with Crippen molar-refractivity contribution < 1.29 is 32.6 Å². The Morgan fingerprint density at radius 2 is 2.13 bits per heavy atom. The molecule has 11 heteroatoms. The van der Waals surface area contributed by atoms with E-state index in [4.69, 9.17) is 16.7 Å². The van der Waals surface area contributed by atoms with Crippen LogP contribution in [0.25, 0.3) is 0 Å². The number of halogens is 4. The largest absolute Gasteiger partial charge is 0.573 e. The van der Waals surface area contributed by atoms with Gasteiger partial charge in [0, 0.05) is 30.4 Å². The number of fused-ring (bicyclic) bond motifs is 1. The number of aromatic nitrogens is 1. The molecule has 0 radical (unpaired) electrons. The molecule has 1 aliphatic rings. The van der Waals surface area contributed by atoms with Crippen molar-refractivity contribution in [1.82, 2.24) is 15.2 Å². The Bertz CT molecular complexity index is 984. The van der Waals surface area contributed by atoms with Gasteiger partial charge in [-0.05, 0) is 30.7 Å². The van der Waals surface area contributed by atoms with E-state index in [1.54, 1.807) is 6.92 Å². The van der Waals surface area contributed by atoms with Gasteiger partial charge in [0.25, 0.3) is 11.8 Å². The minimum absolute atomic E-state index is 0.0447. The van der Waals surface area contributed by atoms with Crippen LogP contribution in [0, 0.1) is 0 Å². The third-order valence-electron chi connectivity index (χ3n) is 4.62. The minimum Gasteiger partial charge on any atom is -0.404 e. The van der Waals surface area contributed by atoms with Crippen molar-refractivity contribution in [2.45, 2.75) is 25.9 Å². The fourth-order valence-electron chi connectivity index (χ4n) is 3.18. The van der Waals surface area contributed by atoms with Crippen molar-refractivity contribution in [2.24, 2.45) is 0 Å². The predicted octanol–water partition coefficient (Wildman–Crippen LogP) is 3.07. The zero-order chi connectivity index (χ0) is 22.1. The maximum Gasteiger partial charge on any atom is 0.573 e. The standard InChI is InChI=1S/C19H17ClF3N3O4/c1-10(11-2-3-15(14(20)8-11)30-19(21,22)23)26-9-13-12(18(26)29)4-5-24-16(13)17(28)25-6-7-27/h2-5,8,10,27H,6-7,9H2,1H3,(H,25,28). The van der Waals surface area contributed by atoms with Crippen molar-refractivity contribution in [3.8, 4) is 5.75 Å². The molecule has 7 nitrogen and oxygen atoms in total. The number of pyridine rings is 1. The fraction of sp³-hybridized carbons (Fsp3) is 0.316.